The molecule has 3 heterocycles. The van der Waals surface area contributed by atoms with Crippen molar-refractivity contribution in [2.24, 2.45) is 0 Å². The smallest absolute Gasteiger partial charge is 0.223 e. The lowest BCUT2D eigenvalue weighted by molar-refractivity contribution is 0.112. The maximum Gasteiger partial charge on any atom is 0.223 e. The molecule has 0 aliphatic carbocycles. The average Bonchev–Trinajstić information content (AvgIpc) is 2.97. The first-order valence-electron chi connectivity index (χ1n) is 7.95. The third-order valence-electron chi connectivity index (χ3n) is 4.13. The summed E-state index contributed by atoms with van der Waals surface area (Å²) < 4.78 is 38.7. The number of aromatic nitrogens is 3. The first-order valence-corrected chi connectivity index (χ1v) is 10.6. The van der Waals surface area contributed by atoms with Crippen LogP contribution in [0.2, 0.25) is 0 Å². The van der Waals surface area contributed by atoms with E-state index in [0.717, 1.165) is 17.5 Å². The van der Waals surface area contributed by atoms with Gasteiger partial charge in [-0.25, -0.2) is 32.1 Å². The van der Waals surface area contributed by atoms with Crippen molar-refractivity contribution >= 4 is 33.6 Å². The Kier molecular flexibility index (Phi) is 5.30. The summed E-state index contributed by atoms with van der Waals surface area (Å²) in [7, 11) is -3.18. The lowest BCUT2D eigenvalue weighted by Gasteiger charge is -2.30. The summed E-state index contributed by atoms with van der Waals surface area (Å²) in [4.78, 5) is 23.6. The molecular formula is C15H18FN5O3S2. The third kappa shape index (κ3) is 4.05. The number of carbonyl (C=O) groups is 1. The van der Waals surface area contributed by atoms with Crippen LogP contribution in [0.25, 0.3) is 10.6 Å². The Morgan fingerprint density at radius 2 is 2.04 bits per heavy atom. The van der Waals surface area contributed by atoms with Crippen LogP contribution in [0.4, 0.5) is 10.3 Å². The molecule has 2 aromatic rings. The Hall–Kier alpha value is -1.98. The van der Waals surface area contributed by atoms with Crippen molar-refractivity contribution in [2.45, 2.75) is 25.8 Å². The van der Waals surface area contributed by atoms with Crippen molar-refractivity contribution in [2.75, 3.05) is 24.7 Å². The lowest BCUT2D eigenvalue weighted by Crippen LogP contribution is -2.42. The first kappa shape index (κ1) is 18.8. The van der Waals surface area contributed by atoms with Gasteiger partial charge in [0, 0.05) is 19.1 Å². The SMILES string of the molecule is Cc1nc(C=O)sc1-c1nc(NC2CCN(S(C)(=O)=O)CC2)ncc1F. The Morgan fingerprint density at radius 3 is 2.62 bits per heavy atom. The van der Waals surface area contributed by atoms with Crippen molar-refractivity contribution in [3.05, 3.63) is 22.7 Å². The number of nitrogens with zero attached hydrogens (tertiary/aromatic N) is 4. The topological polar surface area (TPSA) is 105 Å². The largest absolute Gasteiger partial charge is 0.351 e. The van der Waals surface area contributed by atoms with E-state index in [4.69, 9.17) is 0 Å². The molecule has 0 amide bonds. The van der Waals surface area contributed by atoms with Crippen molar-refractivity contribution in [1.82, 2.24) is 19.3 Å². The highest BCUT2D eigenvalue weighted by molar-refractivity contribution is 7.88. The van der Waals surface area contributed by atoms with E-state index in [1.165, 1.54) is 10.6 Å². The highest BCUT2D eigenvalue weighted by atomic mass is 32.2. The summed E-state index contributed by atoms with van der Waals surface area (Å²) in [6.07, 6.45) is 4.11. The standard InChI is InChI=1S/C15H18FN5O3S2/c1-9-14(25-12(8-22)18-9)13-11(16)7-17-15(20-13)19-10-3-5-21(6-4-10)26(2,23)24/h7-8,10H,3-6H2,1-2H3,(H,17,19,20). The normalized spacial score (nSPS) is 16.6. The summed E-state index contributed by atoms with van der Waals surface area (Å²) in [5.74, 6) is -0.327. The zero-order chi connectivity index (χ0) is 18.9. The lowest BCUT2D eigenvalue weighted by atomic mass is 10.1. The van der Waals surface area contributed by atoms with Crippen LogP contribution in [0.1, 0.15) is 28.3 Å². The van der Waals surface area contributed by atoms with Crippen LogP contribution >= 0.6 is 11.3 Å². The van der Waals surface area contributed by atoms with Crippen LogP contribution in [0.15, 0.2) is 6.20 Å². The second kappa shape index (κ2) is 7.33. The van der Waals surface area contributed by atoms with Crippen LogP contribution < -0.4 is 5.32 Å². The number of sulfonamides is 1. The van der Waals surface area contributed by atoms with Gasteiger partial charge in [0.2, 0.25) is 16.0 Å². The number of halogens is 1. The Balaban J connectivity index is 1.76. The monoisotopic (exact) mass is 399 g/mol. The zero-order valence-electron chi connectivity index (χ0n) is 14.3. The number of aldehydes is 1. The molecule has 0 spiro atoms. The van der Waals surface area contributed by atoms with Gasteiger partial charge >= 0.3 is 0 Å². The van der Waals surface area contributed by atoms with Crippen LogP contribution in [0.5, 0.6) is 0 Å². The molecule has 1 saturated heterocycles. The molecule has 0 atom stereocenters. The van der Waals surface area contributed by atoms with E-state index < -0.39 is 15.8 Å². The summed E-state index contributed by atoms with van der Waals surface area (Å²) in [6.45, 7) is 2.52. The molecule has 1 N–H and O–H groups in total. The highest BCUT2D eigenvalue weighted by Gasteiger charge is 2.25. The molecule has 26 heavy (non-hydrogen) atoms. The van der Waals surface area contributed by atoms with Gasteiger partial charge in [-0.15, -0.1) is 11.3 Å². The molecule has 0 bridgehead atoms. The van der Waals surface area contributed by atoms with Crippen molar-refractivity contribution in [3.63, 3.8) is 0 Å². The number of hydrogen-bond donors (Lipinski definition) is 1. The fourth-order valence-corrected chi connectivity index (χ4v) is 4.54. The van der Waals surface area contributed by atoms with Crippen LogP contribution in [-0.4, -0.2) is 59.3 Å². The van der Waals surface area contributed by atoms with Gasteiger partial charge in [0.15, 0.2) is 17.1 Å². The molecule has 140 valence electrons. The molecule has 0 radical (unpaired) electrons. The predicted octanol–water partition coefficient (Wildman–Crippen LogP) is 1.70. The second-order valence-electron chi connectivity index (χ2n) is 6.06. The highest BCUT2D eigenvalue weighted by Crippen LogP contribution is 2.30. The molecule has 1 aliphatic rings. The Labute approximate surface area is 154 Å². The van der Waals surface area contributed by atoms with Crippen LogP contribution in [-0.2, 0) is 10.0 Å². The van der Waals surface area contributed by atoms with Gasteiger partial charge < -0.3 is 5.32 Å². The molecule has 0 unspecified atom stereocenters. The maximum atomic E-state index is 14.2. The minimum absolute atomic E-state index is 0.000551. The van der Waals surface area contributed by atoms with Gasteiger partial charge in [-0.05, 0) is 19.8 Å². The molecule has 11 heteroatoms. The number of piperidine rings is 1. The molecule has 0 aromatic carbocycles. The Morgan fingerprint density at radius 1 is 1.35 bits per heavy atom. The molecule has 8 nitrogen and oxygen atoms in total. The number of aryl methyl sites for hydroxylation is 1. The molecule has 2 aromatic heterocycles. The number of thiazole rings is 1. The van der Waals surface area contributed by atoms with E-state index in [9.17, 15) is 17.6 Å². The van der Waals surface area contributed by atoms with Gasteiger partial charge in [-0.1, -0.05) is 0 Å². The van der Waals surface area contributed by atoms with E-state index >= 15 is 0 Å². The minimum Gasteiger partial charge on any atom is -0.351 e. The van der Waals surface area contributed by atoms with Gasteiger partial charge in [0.1, 0.15) is 5.69 Å². The average molecular weight is 399 g/mol. The van der Waals surface area contributed by atoms with Gasteiger partial charge in [0.05, 0.1) is 23.0 Å². The van der Waals surface area contributed by atoms with E-state index in [2.05, 4.69) is 20.3 Å². The maximum absolute atomic E-state index is 14.2. The third-order valence-corrected chi connectivity index (χ3v) is 6.52. The van der Waals surface area contributed by atoms with Crippen molar-refractivity contribution < 1.29 is 17.6 Å². The van der Waals surface area contributed by atoms with Crippen molar-refractivity contribution in [1.29, 1.82) is 0 Å². The minimum atomic E-state index is -3.18. The van der Waals surface area contributed by atoms with E-state index in [1.54, 1.807) is 6.92 Å². The number of anilines is 1. The zero-order valence-corrected chi connectivity index (χ0v) is 15.9. The quantitative estimate of drug-likeness (QED) is 0.763. The Bertz CT molecular complexity index is 923. The van der Waals surface area contributed by atoms with Crippen LogP contribution in [0.3, 0.4) is 0 Å². The fraction of sp³-hybridized carbons (Fsp3) is 0.467. The number of nitrogens with one attached hydrogen (secondary N) is 1. The number of carbonyl (C=O) groups excluding carboxylic acids is 1. The molecular weight excluding hydrogens is 381 g/mol. The van der Waals surface area contributed by atoms with Gasteiger partial charge in [-0.3, -0.25) is 4.79 Å². The fourth-order valence-electron chi connectivity index (χ4n) is 2.80. The number of hydrogen-bond acceptors (Lipinski definition) is 8. The summed E-state index contributed by atoms with van der Waals surface area (Å²) >= 11 is 1.07. The molecule has 0 saturated carbocycles. The second-order valence-corrected chi connectivity index (χ2v) is 9.07. The molecule has 1 fully saturated rings. The first-order chi connectivity index (χ1) is 12.3. The van der Waals surface area contributed by atoms with E-state index in [-0.39, 0.29) is 22.7 Å². The molecule has 3 rings (SSSR count). The van der Waals surface area contributed by atoms with Gasteiger partial charge in [-0.2, -0.15) is 0 Å². The van der Waals surface area contributed by atoms with E-state index in [1.807, 2.05) is 0 Å². The summed E-state index contributed by atoms with van der Waals surface area (Å²) in [5.41, 5.74) is 0.626. The van der Waals surface area contributed by atoms with Gasteiger partial charge in [0.25, 0.3) is 0 Å². The van der Waals surface area contributed by atoms with E-state index in [0.29, 0.717) is 42.8 Å². The summed E-state index contributed by atoms with van der Waals surface area (Å²) in [5, 5.41) is 3.40. The summed E-state index contributed by atoms with van der Waals surface area (Å²) in [6, 6.07) is -0.000551. The molecule has 1 aliphatic heterocycles. The van der Waals surface area contributed by atoms with Crippen LogP contribution in [0, 0.1) is 12.7 Å². The number of rotatable bonds is 5. The van der Waals surface area contributed by atoms with Crippen molar-refractivity contribution in [3.8, 4) is 10.6 Å². The predicted molar refractivity (Wildman–Crippen MR) is 96.3 cm³/mol.